The summed E-state index contributed by atoms with van der Waals surface area (Å²) in [5.41, 5.74) is -0.867. The van der Waals surface area contributed by atoms with E-state index in [4.69, 9.17) is 25.5 Å². The molecule has 1 N–H and O–H groups in total. The molecule has 0 atom stereocenters. The number of carbonyl (C=O) groups excluding carboxylic acids is 2. The molecule has 0 aliphatic heterocycles. The third kappa shape index (κ3) is 4.12. The zero-order chi connectivity index (χ0) is 20.3. The number of amides is 1. The van der Waals surface area contributed by atoms with Crippen molar-refractivity contribution in [2.24, 2.45) is 0 Å². The van der Waals surface area contributed by atoms with Crippen LogP contribution in [0, 0.1) is 5.82 Å². The zero-order valence-electron chi connectivity index (χ0n) is 14.5. The van der Waals surface area contributed by atoms with Gasteiger partial charge in [-0.15, -0.1) is 0 Å². The summed E-state index contributed by atoms with van der Waals surface area (Å²) < 4.78 is 28.2. The Labute approximate surface area is 162 Å². The average molecular weight is 406 g/mol. The van der Waals surface area contributed by atoms with Gasteiger partial charge in [0.1, 0.15) is 11.4 Å². The molecule has 28 heavy (non-hydrogen) atoms. The molecular formula is C19H13ClFNO6. The third-order valence-corrected chi connectivity index (χ3v) is 3.99. The van der Waals surface area contributed by atoms with Crippen molar-refractivity contribution in [2.75, 3.05) is 19.0 Å². The summed E-state index contributed by atoms with van der Waals surface area (Å²) in [5, 5.41) is 2.68. The number of ether oxygens (including phenoxy) is 2. The van der Waals surface area contributed by atoms with E-state index >= 15 is 0 Å². The Hall–Kier alpha value is -3.39. The van der Waals surface area contributed by atoms with Gasteiger partial charge in [0.25, 0.3) is 5.91 Å². The van der Waals surface area contributed by atoms with Gasteiger partial charge < -0.3 is 19.2 Å². The highest BCUT2D eigenvalue weighted by Crippen LogP contribution is 2.24. The normalized spacial score (nSPS) is 10.5. The van der Waals surface area contributed by atoms with Crippen LogP contribution in [0.25, 0.3) is 11.0 Å². The fourth-order valence-electron chi connectivity index (χ4n) is 2.40. The number of methoxy groups -OCH3 is 1. The van der Waals surface area contributed by atoms with Crippen molar-refractivity contribution >= 4 is 40.1 Å². The lowest BCUT2D eigenvalue weighted by molar-refractivity contribution is -0.119. The molecule has 0 saturated carbocycles. The molecule has 0 aliphatic carbocycles. The van der Waals surface area contributed by atoms with E-state index < -0.39 is 29.9 Å². The van der Waals surface area contributed by atoms with Crippen LogP contribution in [0.2, 0.25) is 5.02 Å². The fourth-order valence-corrected chi connectivity index (χ4v) is 2.58. The number of hydrogen-bond acceptors (Lipinski definition) is 6. The molecule has 0 unspecified atom stereocenters. The number of rotatable bonds is 5. The quantitative estimate of drug-likeness (QED) is 0.516. The topological polar surface area (TPSA) is 94.8 Å². The van der Waals surface area contributed by atoms with Crippen LogP contribution in [0.1, 0.15) is 10.4 Å². The third-order valence-electron chi connectivity index (χ3n) is 3.70. The maximum atomic E-state index is 13.1. The Morgan fingerprint density at radius 3 is 2.71 bits per heavy atom. The van der Waals surface area contributed by atoms with Gasteiger partial charge >= 0.3 is 11.6 Å². The first-order valence-corrected chi connectivity index (χ1v) is 8.29. The van der Waals surface area contributed by atoms with Gasteiger partial charge in [0.2, 0.25) is 0 Å². The molecular weight excluding hydrogens is 393 g/mol. The molecule has 0 saturated heterocycles. The highest BCUT2D eigenvalue weighted by molar-refractivity contribution is 6.31. The van der Waals surface area contributed by atoms with E-state index in [0.29, 0.717) is 11.1 Å². The van der Waals surface area contributed by atoms with Gasteiger partial charge in [0.05, 0.1) is 12.1 Å². The maximum absolute atomic E-state index is 13.1. The Kier molecular flexibility index (Phi) is 5.60. The van der Waals surface area contributed by atoms with Crippen molar-refractivity contribution in [2.45, 2.75) is 0 Å². The summed E-state index contributed by atoms with van der Waals surface area (Å²) in [6.45, 7) is -0.663. The van der Waals surface area contributed by atoms with E-state index in [1.165, 1.54) is 25.3 Å². The molecule has 9 heteroatoms. The summed E-state index contributed by atoms with van der Waals surface area (Å²) >= 11 is 5.63. The highest BCUT2D eigenvalue weighted by Gasteiger charge is 2.18. The lowest BCUT2D eigenvalue weighted by Gasteiger charge is -2.08. The first-order chi connectivity index (χ1) is 13.4. The first-order valence-electron chi connectivity index (χ1n) is 7.92. The van der Waals surface area contributed by atoms with E-state index in [2.05, 4.69) is 5.32 Å². The molecule has 144 valence electrons. The van der Waals surface area contributed by atoms with Gasteiger partial charge in [-0.05, 0) is 30.3 Å². The molecule has 0 aliphatic rings. The monoisotopic (exact) mass is 405 g/mol. The van der Waals surface area contributed by atoms with Crippen LogP contribution < -0.4 is 15.7 Å². The van der Waals surface area contributed by atoms with E-state index in [1.807, 2.05) is 0 Å². The first kappa shape index (κ1) is 19.4. The molecule has 3 rings (SSSR count). The second kappa shape index (κ2) is 8.10. The summed E-state index contributed by atoms with van der Waals surface area (Å²) in [7, 11) is 1.42. The van der Waals surface area contributed by atoms with Crippen LogP contribution in [0.5, 0.6) is 5.75 Å². The number of carbonyl (C=O) groups is 2. The molecule has 0 fully saturated rings. The van der Waals surface area contributed by atoms with Crippen molar-refractivity contribution in [1.82, 2.24) is 0 Å². The van der Waals surface area contributed by atoms with Gasteiger partial charge in [-0.3, -0.25) is 4.79 Å². The summed E-state index contributed by atoms with van der Waals surface area (Å²) in [6.07, 6.45) is 0. The van der Waals surface area contributed by atoms with E-state index in [9.17, 15) is 18.8 Å². The van der Waals surface area contributed by atoms with Gasteiger partial charge in [-0.25, -0.2) is 14.0 Å². The highest BCUT2D eigenvalue weighted by atomic mass is 35.5. The minimum atomic E-state index is -1.02. The predicted molar refractivity (Wildman–Crippen MR) is 99.4 cm³/mol. The molecule has 0 spiro atoms. The molecule has 0 bridgehead atoms. The summed E-state index contributed by atoms with van der Waals surface area (Å²) in [4.78, 5) is 36.1. The van der Waals surface area contributed by atoms with Crippen molar-refractivity contribution in [3.63, 3.8) is 0 Å². The number of nitrogens with one attached hydrogen (secondary N) is 1. The average Bonchev–Trinajstić information content (AvgIpc) is 2.68. The Bertz CT molecular complexity index is 1130. The van der Waals surface area contributed by atoms with Crippen LogP contribution in [-0.2, 0) is 9.53 Å². The molecule has 1 amide bonds. The smallest absolute Gasteiger partial charge is 0.351 e. The molecule has 1 aromatic heterocycles. The molecule has 1 heterocycles. The predicted octanol–water partition coefficient (Wildman–Crippen LogP) is 3.39. The molecule has 0 radical (unpaired) electrons. The SMILES string of the molecule is COc1cccc2cc(C(=O)OCC(=O)Nc3ccc(F)c(Cl)c3)c(=O)oc12. The van der Waals surface area contributed by atoms with E-state index in [-0.39, 0.29) is 21.9 Å². The Balaban J connectivity index is 1.70. The number of fused-ring (bicyclic) bond motifs is 1. The molecule has 7 nitrogen and oxygen atoms in total. The standard InChI is InChI=1S/C19H13ClFNO6/c1-26-15-4-2-3-10-7-12(19(25)28-17(10)15)18(24)27-9-16(23)22-11-5-6-14(21)13(20)8-11/h2-8H,9H2,1H3,(H,22,23). The van der Waals surface area contributed by atoms with E-state index in [1.54, 1.807) is 18.2 Å². The second-order valence-corrected chi connectivity index (χ2v) is 5.99. The van der Waals surface area contributed by atoms with Crippen LogP contribution in [0.3, 0.4) is 0 Å². The van der Waals surface area contributed by atoms with Gasteiger partial charge in [-0.2, -0.15) is 0 Å². The van der Waals surface area contributed by atoms with Crippen LogP contribution >= 0.6 is 11.6 Å². The lowest BCUT2D eigenvalue weighted by Crippen LogP contribution is -2.23. The number of para-hydroxylation sites is 1. The number of anilines is 1. The van der Waals surface area contributed by atoms with Crippen LogP contribution in [0.4, 0.5) is 10.1 Å². The van der Waals surface area contributed by atoms with Crippen molar-refractivity contribution < 1.29 is 27.9 Å². The number of esters is 1. The minimum Gasteiger partial charge on any atom is -0.493 e. The number of hydrogen-bond donors (Lipinski definition) is 1. The largest absolute Gasteiger partial charge is 0.493 e. The minimum absolute atomic E-state index is 0.168. The van der Waals surface area contributed by atoms with Gasteiger partial charge in [0.15, 0.2) is 17.9 Å². The number of halogens is 2. The number of benzene rings is 2. The fraction of sp³-hybridized carbons (Fsp3) is 0.105. The second-order valence-electron chi connectivity index (χ2n) is 5.58. The van der Waals surface area contributed by atoms with Crippen LogP contribution in [-0.4, -0.2) is 25.6 Å². The van der Waals surface area contributed by atoms with Crippen molar-refractivity contribution in [3.05, 3.63) is 69.3 Å². The van der Waals surface area contributed by atoms with Gasteiger partial charge in [0, 0.05) is 11.1 Å². The molecule has 2 aromatic carbocycles. The van der Waals surface area contributed by atoms with Crippen LogP contribution in [0.15, 0.2) is 51.7 Å². The van der Waals surface area contributed by atoms with Gasteiger partial charge in [-0.1, -0.05) is 23.7 Å². The lowest BCUT2D eigenvalue weighted by atomic mass is 10.2. The van der Waals surface area contributed by atoms with Crippen molar-refractivity contribution in [3.8, 4) is 5.75 Å². The maximum Gasteiger partial charge on any atom is 0.351 e. The zero-order valence-corrected chi connectivity index (χ0v) is 15.2. The Morgan fingerprint density at radius 1 is 1.21 bits per heavy atom. The van der Waals surface area contributed by atoms with Crippen molar-refractivity contribution in [1.29, 1.82) is 0 Å². The van der Waals surface area contributed by atoms with E-state index in [0.717, 1.165) is 6.07 Å². The summed E-state index contributed by atoms with van der Waals surface area (Å²) in [5.74, 6) is -2.01. The summed E-state index contributed by atoms with van der Waals surface area (Å²) in [6, 6.07) is 9.78. The molecule has 3 aromatic rings. The Morgan fingerprint density at radius 2 is 2.00 bits per heavy atom.